The number of imide groups is 2. The van der Waals surface area contributed by atoms with Crippen molar-refractivity contribution in [3.8, 4) is 0 Å². The van der Waals surface area contributed by atoms with E-state index in [0.717, 1.165) is 30.0 Å². The molecule has 3 heterocycles. The van der Waals surface area contributed by atoms with Gasteiger partial charge in [0.25, 0.3) is 11.8 Å². The molecule has 1 saturated heterocycles. The minimum absolute atomic E-state index is 0.106. The fraction of sp³-hybridized carbons (Fsp3) is 0.333. The summed E-state index contributed by atoms with van der Waals surface area (Å²) >= 11 is 0. The molecule has 2 unspecified atom stereocenters. The van der Waals surface area contributed by atoms with E-state index in [1.54, 1.807) is 18.2 Å². The highest BCUT2D eigenvalue weighted by Crippen LogP contribution is 2.30. The van der Waals surface area contributed by atoms with E-state index in [1.165, 1.54) is 11.1 Å². The monoisotopic (exact) mass is 432 g/mol. The van der Waals surface area contributed by atoms with Crippen LogP contribution in [0.3, 0.4) is 0 Å². The highest BCUT2D eigenvalue weighted by molar-refractivity contribution is 6.23. The third-order valence-corrected chi connectivity index (χ3v) is 6.42. The molecular weight excluding hydrogens is 408 g/mol. The van der Waals surface area contributed by atoms with Gasteiger partial charge in [-0.1, -0.05) is 24.3 Å². The van der Waals surface area contributed by atoms with Crippen molar-refractivity contribution in [2.45, 2.75) is 37.8 Å². The number of hydrogen-bond acceptors (Lipinski definition) is 6. The summed E-state index contributed by atoms with van der Waals surface area (Å²) < 4.78 is 0. The summed E-state index contributed by atoms with van der Waals surface area (Å²) in [5.74, 6) is -1.97. The van der Waals surface area contributed by atoms with Gasteiger partial charge in [-0.05, 0) is 55.1 Å². The van der Waals surface area contributed by atoms with Gasteiger partial charge < -0.3 is 10.6 Å². The van der Waals surface area contributed by atoms with Crippen LogP contribution in [0, 0.1) is 0 Å². The second kappa shape index (κ2) is 8.20. The topological polar surface area (TPSA) is 108 Å². The van der Waals surface area contributed by atoms with Crippen LogP contribution in [0.5, 0.6) is 0 Å². The zero-order chi connectivity index (χ0) is 22.2. The first-order valence-corrected chi connectivity index (χ1v) is 10.9. The molecule has 4 amide bonds. The number of nitrogens with zero attached hydrogens (tertiary/aromatic N) is 1. The molecule has 0 aromatic heterocycles. The molecule has 0 bridgehead atoms. The molecule has 5 rings (SSSR count). The standard InChI is InChI=1S/C24H24N4O4/c29-21-8-7-20(22(30)27-21)28-23(31)17-6-5-15(13-18(17)24(28)32)25-12-10-19-16-4-2-1-3-14(16)9-11-26-19/h1-6,13,19-20,25-26H,7-12H2,(H,27,29,30). The molecule has 2 aromatic carbocycles. The first kappa shape index (κ1) is 20.4. The number of carbonyl (C=O) groups is 4. The summed E-state index contributed by atoms with van der Waals surface area (Å²) in [6.07, 6.45) is 2.17. The summed E-state index contributed by atoms with van der Waals surface area (Å²) in [5.41, 5.74) is 4.03. The van der Waals surface area contributed by atoms with Crippen molar-refractivity contribution in [1.82, 2.24) is 15.5 Å². The molecule has 8 heteroatoms. The zero-order valence-electron chi connectivity index (χ0n) is 17.5. The van der Waals surface area contributed by atoms with Gasteiger partial charge in [-0.2, -0.15) is 0 Å². The fourth-order valence-electron chi connectivity index (χ4n) is 4.79. The molecule has 2 atom stereocenters. The maximum Gasteiger partial charge on any atom is 0.262 e. The van der Waals surface area contributed by atoms with Gasteiger partial charge in [-0.3, -0.25) is 29.4 Å². The van der Waals surface area contributed by atoms with Crippen LogP contribution in [-0.4, -0.2) is 47.7 Å². The highest BCUT2D eigenvalue weighted by Gasteiger charge is 2.44. The predicted molar refractivity (Wildman–Crippen MR) is 117 cm³/mol. The molecule has 0 aliphatic carbocycles. The van der Waals surface area contributed by atoms with Crippen molar-refractivity contribution < 1.29 is 19.2 Å². The van der Waals surface area contributed by atoms with Crippen LogP contribution in [0.4, 0.5) is 5.69 Å². The fourth-order valence-corrected chi connectivity index (χ4v) is 4.79. The molecule has 0 spiro atoms. The third-order valence-electron chi connectivity index (χ3n) is 6.42. The number of fused-ring (bicyclic) bond motifs is 2. The average molecular weight is 432 g/mol. The molecule has 32 heavy (non-hydrogen) atoms. The van der Waals surface area contributed by atoms with E-state index < -0.39 is 23.8 Å². The normalized spacial score (nSPS) is 22.4. The Kier molecular flexibility index (Phi) is 5.22. The van der Waals surface area contributed by atoms with Crippen LogP contribution < -0.4 is 16.0 Å². The minimum Gasteiger partial charge on any atom is -0.385 e. The van der Waals surface area contributed by atoms with E-state index in [9.17, 15) is 19.2 Å². The van der Waals surface area contributed by atoms with E-state index in [1.807, 2.05) is 0 Å². The lowest BCUT2D eigenvalue weighted by Crippen LogP contribution is -2.54. The second-order valence-corrected chi connectivity index (χ2v) is 8.38. The Morgan fingerprint density at radius 1 is 0.969 bits per heavy atom. The van der Waals surface area contributed by atoms with Crippen LogP contribution in [0.2, 0.25) is 0 Å². The zero-order valence-corrected chi connectivity index (χ0v) is 17.5. The van der Waals surface area contributed by atoms with E-state index in [-0.39, 0.29) is 35.9 Å². The molecule has 164 valence electrons. The van der Waals surface area contributed by atoms with E-state index in [4.69, 9.17) is 0 Å². The van der Waals surface area contributed by atoms with Gasteiger partial charge >= 0.3 is 0 Å². The van der Waals surface area contributed by atoms with Gasteiger partial charge in [-0.25, -0.2) is 0 Å². The summed E-state index contributed by atoms with van der Waals surface area (Å²) in [4.78, 5) is 50.3. The summed E-state index contributed by atoms with van der Waals surface area (Å²) in [7, 11) is 0. The summed E-state index contributed by atoms with van der Waals surface area (Å²) in [6, 6.07) is 12.9. The quantitative estimate of drug-likeness (QED) is 0.622. The van der Waals surface area contributed by atoms with Crippen LogP contribution in [0.1, 0.15) is 57.1 Å². The number of benzene rings is 2. The maximum atomic E-state index is 12.9. The minimum atomic E-state index is -0.950. The molecule has 3 N–H and O–H groups in total. The van der Waals surface area contributed by atoms with Crippen molar-refractivity contribution >= 4 is 29.3 Å². The number of piperidine rings is 1. The molecule has 3 aliphatic rings. The molecule has 0 radical (unpaired) electrons. The average Bonchev–Trinajstić information content (AvgIpc) is 3.04. The highest BCUT2D eigenvalue weighted by atomic mass is 16.2. The van der Waals surface area contributed by atoms with Gasteiger partial charge in [0.2, 0.25) is 11.8 Å². The lowest BCUT2D eigenvalue weighted by atomic mass is 9.92. The number of amides is 4. The number of nitrogens with one attached hydrogen (secondary N) is 3. The second-order valence-electron chi connectivity index (χ2n) is 8.38. The lowest BCUT2D eigenvalue weighted by molar-refractivity contribution is -0.136. The third kappa shape index (κ3) is 3.56. The van der Waals surface area contributed by atoms with Crippen molar-refractivity contribution in [2.24, 2.45) is 0 Å². The Morgan fingerprint density at radius 3 is 2.62 bits per heavy atom. The van der Waals surface area contributed by atoms with Gasteiger partial charge in [0.05, 0.1) is 11.1 Å². The van der Waals surface area contributed by atoms with E-state index in [0.29, 0.717) is 6.54 Å². The van der Waals surface area contributed by atoms with Crippen LogP contribution in [0.15, 0.2) is 42.5 Å². The molecular formula is C24H24N4O4. The molecule has 1 fully saturated rings. The molecule has 8 nitrogen and oxygen atoms in total. The molecule has 3 aliphatic heterocycles. The van der Waals surface area contributed by atoms with Crippen molar-refractivity contribution in [1.29, 1.82) is 0 Å². The molecule has 2 aromatic rings. The van der Waals surface area contributed by atoms with Gasteiger partial charge in [0, 0.05) is 24.7 Å². The van der Waals surface area contributed by atoms with Crippen LogP contribution in [-0.2, 0) is 16.0 Å². The SMILES string of the molecule is O=C1CCC(N2C(=O)c3ccc(NCCC4NCCc5ccccc54)cc3C2=O)C(=O)N1. The maximum absolute atomic E-state index is 12.9. The lowest BCUT2D eigenvalue weighted by Gasteiger charge is -2.27. The Hall–Kier alpha value is -3.52. The first-order valence-electron chi connectivity index (χ1n) is 10.9. The largest absolute Gasteiger partial charge is 0.385 e. The van der Waals surface area contributed by atoms with Crippen LogP contribution in [0.25, 0.3) is 0 Å². The number of anilines is 1. The van der Waals surface area contributed by atoms with Crippen molar-refractivity contribution in [3.63, 3.8) is 0 Å². The van der Waals surface area contributed by atoms with Gasteiger partial charge in [0.1, 0.15) is 6.04 Å². The first-order chi connectivity index (χ1) is 15.5. The van der Waals surface area contributed by atoms with Gasteiger partial charge in [-0.15, -0.1) is 0 Å². The summed E-state index contributed by atoms with van der Waals surface area (Å²) in [5, 5.41) is 9.12. The van der Waals surface area contributed by atoms with Crippen molar-refractivity contribution in [2.75, 3.05) is 18.4 Å². The number of hydrogen-bond donors (Lipinski definition) is 3. The Bertz CT molecular complexity index is 1130. The molecule has 0 saturated carbocycles. The smallest absolute Gasteiger partial charge is 0.262 e. The van der Waals surface area contributed by atoms with Crippen molar-refractivity contribution in [3.05, 3.63) is 64.7 Å². The van der Waals surface area contributed by atoms with E-state index >= 15 is 0 Å². The number of carbonyl (C=O) groups excluding carboxylic acids is 4. The predicted octanol–water partition coefficient (Wildman–Crippen LogP) is 1.78. The van der Waals surface area contributed by atoms with Gasteiger partial charge in [0.15, 0.2) is 0 Å². The summed E-state index contributed by atoms with van der Waals surface area (Å²) in [6.45, 7) is 1.65. The Morgan fingerprint density at radius 2 is 1.78 bits per heavy atom. The Balaban J connectivity index is 1.26. The van der Waals surface area contributed by atoms with Crippen LogP contribution >= 0.6 is 0 Å². The Labute approximate surface area is 185 Å². The number of rotatable bonds is 5. The van der Waals surface area contributed by atoms with E-state index in [2.05, 4.69) is 40.2 Å².